The molecule has 22 heavy (non-hydrogen) atoms. The zero-order chi connectivity index (χ0) is 16.5. The first-order valence-electron chi connectivity index (χ1n) is 9.80. The molecule has 133 valence electrons. The van der Waals surface area contributed by atoms with E-state index in [2.05, 4.69) is 13.3 Å². The lowest BCUT2D eigenvalue weighted by Gasteiger charge is -2.27. The van der Waals surface area contributed by atoms with Gasteiger partial charge in [0.15, 0.2) is 0 Å². The number of hydrogen-bond donors (Lipinski definition) is 2. The third-order valence-electron chi connectivity index (χ3n) is 4.97. The van der Waals surface area contributed by atoms with Crippen molar-refractivity contribution in [3.8, 4) is 0 Å². The Hall–Kier alpha value is -0.0800. The number of aliphatic hydroxyl groups is 2. The summed E-state index contributed by atoms with van der Waals surface area (Å²) < 4.78 is 0. The van der Waals surface area contributed by atoms with Gasteiger partial charge < -0.3 is 10.2 Å². The van der Waals surface area contributed by atoms with Gasteiger partial charge in [0.05, 0.1) is 13.2 Å². The van der Waals surface area contributed by atoms with Crippen molar-refractivity contribution in [3.63, 3.8) is 0 Å². The molecule has 0 fully saturated rings. The van der Waals surface area contributed by atoms with Gasteiger partial charge in [0.25, 0.3) is 0 Å². The van der Waals surface area contributed by atoms with Crippen LogP contribution in [0.15, 0.2) is 0 Å². The van der Waals surface area contributed by atoms with Crippen molar-refractivity contribution in [2.75, 3.05) is 13.2 Å². The quantitative estimate of drug-likeness (QED) is 0.340. The fraction of sp³-hybridized carbons (Fsp3) is 0.950. The second kappa shape index (κ2) is 15.8. The number of rotatable bonds is 17. The summed E-state index contributed by atoms with van der Waals surface area (Å²) in [6.45, 7) is 4.44. The zero-order valence-electron chi connectivity index (χ0n) is 15.3. The topological polar surface area (TPSA) is 40.5 Å². The second-order valence-corrected chi connectivity index (χ2v) is 6.91. The zero-order valence-corrected chi connectivity index (χ0v) is 15.3. The molecule has 0 aromatic heterocycles. The molecule has 0 unspecified atom stereocenters. The predicted molar refractivity (Wildman–Crippen MR) is 96.9 cm³/mol. The van der Waals surface area contributed by atoms with Gasteiger partial charge in [-0.3, -0.25) is 0 Å². The van der Waals surface area contributed by atoms with Crippen molar-refractivity contribution >= 4 is 0 Å². The summed E-state index contributed by atoms with van der Waals surface area (Å²) in [6.07, 6.45) is 20.4. The summed E-state index contributed by atoms with van der Waals surface area (Å²) in [7, 11) is 0. The van der Waals surface area contributed by atoms with Crippen molar-refractivity contribution in [1.82, 2.24) is 0 Å². The van der Waals surface area contributed by atoms with Gasteiger partial charge in [-0.15, -0.1) is 0 Å². The van der Waals surface area contributed by atoms with Crippen LogP contribution in [0.5, 0.6) is 0 Å². The van der Waals surface area contributed by atoms with E-state index in [9.17, 15) is 10.2 Å². The third kappa shape index (κ3) is 11.5. The van der Waals surface area contributed by atoms with Gasteiger partial charge in [-0.05, 0) is 19.3 Å². The Bertz CT molecular complexity index is 203. The van der Waals surface area contributed by atoms with Crippen LogP contribution in [0, 0.1) is 11.8 Å². The molecule has 0 rings (SSSR count). The van der Waals surface area contributed by atoms with E-state index in [0.29, 0.717) is 0 Å². The van der Waals surface area contributed by atoms with Crippen molar-refractivity contribution in [2.45, 2.75) is 104 Å². The maximum absolute atomic E-state index is 9.38. The summed E-state index contributed by atoms with van der Waals surface area (Å²) in [6, 6.07) is 0. The first-order chi connectivity index (χ1) is 10.7. The normalized spacial score (nSPS) is 12.0. The van der Waals surface area contributed by atoms with Gasteiger partial charge in [-0.2, -0.15) is 0 Å². The first kappa shape index (κ1) is 21.9. The number of hydrogen-bond acceptors (Lipinski definition) is 2. The highest BCUT2D eigenvalue weighted by atomic mass is 16.3. The van der Waals surface area contributed by atoms with Gasteiger partial charge in [0.2, 0.25) is 0 Å². The SMILES string of the molecule is CCCCCCCCCCCCCC[CH]C(CC)(CO)CO. The van der Waals surface area contributed by atoms with E-state index in [-0.39, 0.29) is 18.6 Å². The van der Waals surface area contributed by atoms with Gasteiger partial charge in [-0.1, -0.05) is 90.9 Å². The number of unbranched alkanes of at least 4 members (excludes halogenated alkanes) is 12. The van der Waals surface area contributed by atoms with E-state index >= 15 is 0 Å². The predicted octanol–water partition coefficient (Wildman–Crippen LogP) is 5.66. The Morgan fingerprint density at radius 3 is 1.41 bits per heavy atom. The molecule has 2 heteroatoms. The lowest BCUT2D eigenvalue weighted by molar-refractivity contribution is 0.0746. The average Bonchev–Trinajstić information content (AvgIpc) is 2.56. The van der Waals surface area contributed by atoms with E-state index in [0.717, 1.165) is 12.8 Å². The van der Waals surface area contributed by atoms with E-state index < -0.39 is 0 Å². The molecule has 0 aliphatic heterocycles. The van der Waals surface area contributed by atoms with E-state index in [1.54, 1.807) is 0 Å². The van der Waals surface area contributed by atoms with Crippen LogP contribution in [0.25, 0.3) is 0 Å². The fourth-order valence-electron chi connectivity index (χ4n) is 2.94. The van der Waals surface area contributed by atoms with E-state index in [1.165, 1.54) is 77.0 Å². The minimum Gasteiger partial charge on any atom is -0.396 e. The highest BCUT2D eigenvalue weighted by Crippen LogP contribution is 2.27. The highest BCUT2D eigenvalue weighted by molar-refractivity contribution is 4.90. The summed E-state index contributed by atoms with van der Waals surface area (Å²) >= 11 is 0. The summed E-state index contributed by atoms with van der Waals surface area (Å²) in [5.41, 5.74) is -0.349. The molecule has 0 heterocycles. The van der Waals surface area contributed by atoms with Crippen LogP contribution < -0.4 is 0 Å². The standard InChI is InChI=1S/C20H41O2/c1-3-5-6-7-8-9-10-11-12-13-14-15-16-17-20(4-2,18-21)19-22/h17,21-22H,3-16,18-19H2,1-2H3. The van der Waals surface area contributed by atoms with Crippen LogP contribution in [0.4, 0.5) is 0 Å². The summed E-state index contributed by atoms with van der Waals surface area (Å²) in [5, 5.41) is 18.8. The lowest BCUT2D eigenvalue weighted by atomic mass is 9.81. The molecule has 0 bridgehead atoms. The van der Waals surface area contributed by atoms with Crippen molar-refractivity contribution in [1.29, 1.82) is 0 Å². The van der Waals surface area contributed by atoms with Crippen LogP contribution >= 0.6 is 0 Å². The van der Waals surface area contributed by atoms with Crippen molar-refractivity contribution < 1.29 is 10.2 Å². The molecular formula is C20H41O2. The lowest BCUT2D eigenvalue weighted by Crippen LogP contribution is -2.29. The smallest absolute Gasteiger partial charge is 0.0512 e. The molecule has 0 saturated carbocycles. The third-order valence-corrected chi connectivity index (χ3v) is 4.97. The molecule has 0 aromatic rings. The Kier molecular flexibility index (Phi) is 15.7. The maximum Gasteiger partial charge on any atom is 0.0512 e. The Balaban J connectivity index is 3.27. The van der Waals surface area contributed by atoms with Crippen molar-refractivity contribution in [3.05, 3.63) is 6.42 Å². The Labute approximate surface area is 139 Å². The molecule has 0 aliphatic carbocycles. The molecule has 0 aliphatic rings. The molecule has 0 spiro atoms. The maximum atomic E-state index is 9.38. The second-order valence-electron chi connectivity index (χ2n) is 6.91. The van der Waals surface area contributed by atoms with Crippen LogP contribution in [-0.2, 0) is 0 Å². The van der Waals surface area contributed by atoms with Crippen LogP contribution in [-0.4, -0.2) is 23.4 Å². The molecule has 2 N–H and O–H groups in total. The summed E-state index contributed by atoms with van der Waals surface area (Å²) in [5.74, 6) is 0. The van der Waals surface area contributed by atoms with Crippen LogP contribution in [0.2, 0.25) is 0 Å². The Morgan fingerprint density at radius 1 is 0.636 bits per heavy atom. The monoisotopic (exact) mass is 313 g/mol. The van der Waals surface area contributed by atoms with Gasteiger partial charge >= 0.3 is 0 Å². The molecule has 0 aromatic carbocycles. The summed E-state index contributed by atoms with van der Waals surface area (Å²) in [4.78, 5) is 0. The minimum atomic E-state index is -0.349. The van der Waals surface area contributed by atoms with E-state index in [1.807, 2.05) is 6.92 Å². The van der Waals surface area contributed by atoms with Gasteiger partial charge in [-0.25, -0.2) is 0 Å². The fourth-order valence-corrected chi connectivity index (χ4v) is 2.94. The Morgan fingerprint density at radius 2 is 1.05 bits per heavy atom. The average molecular weight is 314 g/mol. The minimum absolute atomic E-state index is 0.0677. The van der Waals surface area contributed by atoms with Crippen LogP contribution in [0.1, 0.15) is 104 Å². The molecule has 2 nitrogen and oxygen atoms in total. The molecular weight excluding hydrogens is 272 g/mol. The molecule has 1 radical (unpaired) electrons. The largest absolute Gasteiger partial charge is 0.396 e. The highest BCUT2D eigenvalue weighted by Gasteiger charge is 2.25. The van der Waals surface area contributed by atoms with Crippen molar-refractivity contribution in [2.24, 2.45) is 5.41 Å². The first-order valence-corrected chi connectivity index (χ1v) is 9.80. The molecule has 0 atom stereocenters. The van der Waals surface area contributed by atoms with Crippen LogP contribution in [0.3, 0.4) is 0 Å². The molecule has 0 saturated heterocycles. The van der Waals surface area contributed by atoms with Gasteiger partial charge in [0, 0.05) is 5.41 Å². The number of aliphatic hydroxyl groups excluding tert-OH is 2. The van der Waals surface area contributed by atoms with Gasteiger partial charge in [0.1, 0.15) is 0 Å². The van der Waals surface area contributed by atoms with E-state index in [4.69, 9.17) is 0 Å². The molecule has 0 amide bonds.